The second-order valence-electron chi connectivity index (χ2n) is 5.86. The van der Waals surface area contributed by atoms with E-state index in [2.05, 4.69) is 20.6 Å². The summed E-state index contributed by atoms with van der Waals surface area (Å²) in [6, 6.07) is 13.3. The zero-order valence-corrected chi connectivity index (χ0v) is 14.5. The number of anilines is 1. The molecule has 2 amide bonds. The Morgan fingerprint density at radius 3 is 2.00 bits per heavy atom. The minimum Gasteiger partial charge on any atom is -0.350 e. The van der Waals surface area contributed by atoms with Gasteiger partial charge in [0.1, 0.15) is 0 Å². The number of carbonyl (C=O) groups is 2. The second-order valence-corrected chi connectivity index (χ2v) is 5.86. The highest BCUT2D eigenvalue weighted by Gasteiger charge is 2.11. The van der Waals surface area contributed by atoms with Crippen molar-refractivity contribution >= 4 is 17.5 Å². The molecule has 0 aliphatic rings. The molecule has 1 atom stereocenters. The maximum absolute atomic E-state index is 12.2. The molecule has 4 N–H and O–H groups in total. The Bertz CT molecular complexity index is 899. The van der Waals surface area contributed by atoms with Gasteiger partial charge in [0.2, 0.25) is 0 Å². The quantitative estimate of drug-likeness (QED) is 0.623. The summed E-state index contributed by atoms with van der Waals surface area (Å²) in [4.78, 5) is 32.1. The summed E-state index contributed by atoms with van der Waals surface area (Å²) in [5, 5.41) is 5.58. The summed E-state index contributed by atoms with van der Waals surface area (Å²) in [6.07, 6.45) is 6.34. The van der Waals surface area contributed by atoms with Crippen LogP contribution in [0.1, 0.15) is 32.3 Å². The number of carbonyl (C=O) groups excluding carboxylic acids is 2. The first-order valence-corrected chi connectivity index (χ1v) is 8.38. The molecule has 7 nitrogen and oxygen atoms in total. The predicted molar refractivity (Wildman–Crippen MR) is 102 cm³/mol. The van der Waals surface area contributed by atoms with Gasteiger partial charge in [-0.1, -0.05) is 12.1 Å². The summed E-state index contributed by atoms with van der Waals surface area (Å²) in [5.74, 6) is -0.423. The smallest absolute Gasteiger partial charge is 0.255 e. The molecule has 0 spiro atoms. The third-order valence-electron chi connectivity index (χ3n) is 3.96. The standard InChI is InChI=1S/C20H19N5O2/c21-18(13-24-19(26)16-5-9-22-10-6-16)14-1-3-15(4-2-14)20(27)25-17-7-11-23-12-8-17/h1-12,18H,13,21H2,(H,24,26)(H,23,25,27). The Morgan fingerprint density at radius 1 is 0.815 bits per heavy atom. The Kier molecular flexibility index (Phi) is 5.86. The van der Waals surface area contributed by atoms with Gasteiger partial charge in [-0.2, -0.15) is 0 Å². The number of nitrogens with one attached hydrogen (secondary N) is 2. The van der Waals surface area contributed by atoms with Crippen LogP contribution in [0.2, 0.25) is 0 Å². The van der Waals surface area contributed by atoms with Gasteiger partial charge in [0, 0.05) is 54.2 Å². The molecule has 0 saturated heterocycles. The van der Waals surface area contributed by atoms with Crippen LogP contribution in [0.3, 0.4) is 0 Å². The number of benzene rings is 1. The van der Waals surface area contributed by atoms with E-state index in [1.165, 1.54) is 0 Å². The average molecular weight is 361 g/mol. The van der Waals surface area contributed by atoms with E-state index in [0.29, 0.717) is 16.8 Å². The van der Waals surface area contributed by atoms with E-state index in [0.717, 1.165) is 5.56 Å². The van der Waals surface area contributed by atoms with Crippen LogP contribution in [0.15, 0.2) is 73.3 Å². The molecule has 0 saturated carbocycles. The average Bonchev–Trinajstić information content (AvgIpc) is 2.73. The van der Waals surface area contributed by atoms with E-state index in [1.54, 1.807) is 73.3 Å². The van der Waals surface area contributed by atoms with Crippen molar-refractivity contribution in [3.63, 3.8) is 0 Å². The fraction of sp³-hybridized carbons (Fsp3) is 0.100. The molecule has 0 aliphatic heterocycles. The number of hydrogen-bond acceptors (Lipinski definition) is 5. The lowest BCUT2D eigenvalue weighted by Gasteiger charge is -2.14. The SMILES string of the molecule is NC(CNC(=O)c1ccncc1)c1ccc(C(=O)Nc2ccncc2)cc1. The lowest BCUT2D eigenvalue weighted by molar-refractivity contribution is 0.0950. The van der Waals surface area contributed by atoms with Crippen LogP contribution >= 0.6 is 0 Å². The van der Waals surface area contributed by atoms with Crippen molar-refractivity contribution in [1.82, 2.24) is 15.3 Å². The topological polar surface area (TPSA) is 110 Å². The van der Waals surface area contributed by atoms with Crippen LogP contribution in [0.4, 0.5) is 5.69 Å². The van der Waals surface area contributed by atoms with E-state index in [-0.39, 0.29) is 24.4 Å². The van der Waals surface area contributed by atoms with Gasteiger partial charge >= 0.3 is 0 Å². The first kappa shape index (κ1) is 18.2. The first-order chi connectivity index (χ1) is 13.1. The van der Waals surface area contributed by atoms with Crippen LogP contribution < -0.4 is 16.4 Å². The van der Waals surface area contributed by atoms with Gasteiger partial charge in [0.05, 0.1) is 0 Å². The van der Waals surface area contributed by atoms with Gasteiger partial charge < -0.3 is 16.4 Å². The Morgan fingerprint density at radius 2 is 1.37 bits per heavy atom. The number of amides is 2. The van der Waals surface area contributed by atoms with Crippen LogP contribution in [0, 0.1) is 0 Å². The van der Waals surface area contributed by atoms with Crippen molar-refractivity contribution in [1.29, 1.82) is 0 Å². The zero-order valence-electron chi connectivity index (χ0n) is 14.5. The maximum atomic E-state index is 12.2. The summed E-state index contributed by atoms with van der Waals surface area (Å²) in [7, 11) is 0. The third kappa shape index (κ3) is 4.96. The molecule has 3 aromatic rings. The van der Waals surface area contributed by atoms with Crippen molar-refractivity contribution in [2.24, 2.45) is 5.73 Å². The van der Waals surface area contributed by atoms with Crippen molar-refractivity contribution in [3.8, 4) is 0 Å². The normalized spacial score (nSPS) is 11.4. The highest BCUT2D eigenvalue weighted by Crippen LogP contribution is 2.13. The summed E-state index contributed by atoms with van der Waals surface area (Å²) < 4.78 is 0. The summed E-state index contributed by atoms with van der Waals surface area (Å²) >= 11 is 0. The number of nitrogens with zero attached hydrogens (tertiary/aromatic N) is 2. The number of hydrogen-bond donors (Lipinski definition) is 3. The molecule has 1 unspecified atom stereocenters. The molecular formula is C20H19N5O2. The van der Waals surface area contributed by atoms with Gasteiger partial charge in [-0.05, 0) is 42.0 Å². The van der Waals surface area contributed by atoms with E-state index >= 15 is 0 Å². The zero-order chi connectivity index (χ0) is 19.1. The van der Waals surface area contributed by atoms with Gasteiger partial charge in [0.15, 0.2) is 0 Å². The molecule has 136 valence electrons. The highest BCUT2D eigenvalue weighted by molar-refractivity contribution is 6.04. The minimum absolute atomic E-state index is 0.207. The second kappa shape index (κ2) is 8.68. The minimum atomic E-state index is -0.381. The highest BCUT2D eigenvalue weighted by atomic mass is 16.2. The lowest BCUT2D eigenvalue weighted by Crippen LogP contribution is -2.31. The van der Waals surface area contributed by atoms with E-state index in [4.69, 9.17) is 5.73 Å². The van der Waals surface area contributed by atoms with Crippen LogP contribution in [0.5, 0.6) is 0 Å². The van der Waals surface area contributed by atoms with Gasteiger partial charge in [-0.3, -0.25) is 19.6 Å². The van der Waals surface area contributed by atoms with E-state index in [9.17, 15) is 9.59 Å². The van der Waals surface area contributed by atoms with Crippen molar-refractivity contribution in [2.75, 3.05) is 11.9 Å². The maximum Gasteiger partial charge on any atom is 0.255 e. The first-order valence-electron chi connectivity index (χ1n) is 8.38. The lowest BCUT2D eigenvalue weighted by atomic mass is 10.0. The van der Waals surface area contributed by atoms with Gasteiger partial charge in [0.25, 0.3) is 11.8 Å². The fourth-order valence-corrected chi connectivity index (χ4v) is 2.45. The molecule has 0 fully saturated rings. The van der Waals surface area contributed by atoms with Crippen LogP contribution in [-0.2, 0) is 0 Å². The molecule has 3 rings (SSSR count). The molecule has 0 radical (unpaired) electrons. The van der Waals surface area contributed by atoms with Gasteiger partial charge in [-0.15, -0.1) is 0 Å². The number of rotatable bonds is 6. The van der Waals surface area contributed by atoms with Crippen molar-refractivity contribution < 1.29 is 9.59 Å². The molecule has 2 heterocycles. The fourth-order valence-electron chi connectivity index (χ4n) is 2.45. The molecule has 7 heteroatoms. The third-order valence-corrected chi connectivity index (χ3v) is 3.96. The monoisotopic (exact) mass is 361 g/mol. The van der Waals surface area contributed by atoms with Crippen molar-refractivity contribution in [2.45, 2.75) is 6.04 Å². The largest absolute Gasteiger partial charge is 0.350 e. The number of pyridine rings is 2. The molecule has 2 aromatic heterocycles. The van der Waals surface area contributed by atoms with E-state index < -0.39 is 0 Å². The number of aromatic nitrogens is 2. The molecule has 1 aromatic carbocycles. The van der Waals surface area contributed by atoms with Gasteiger partial charge in [-0.25, -0.2) is 0 Å². The predicted octanol–water partition coefficient (Wildman–Crippen LogP) is 2.16. The Labute approximate surface area is 156 Å². The molecule has 27 heavy (non-hydrogen) atoms. The molecule has 0 aliphatic carbocycles. The summed E-state index contributed by atoms with van der Waals surface area (Å²) in [5.41, 5.74) is 8.68. The Hall–Kier alpha value is -3.58. The molecular weight excluding hydrogens is 342 g/mol. The number of nitrogens with two attached hydrogens (primary N) is 1. The Balaban J connectivity index is 1.56. The van der Waals surface area contributed by atoms with E-state index in [1.807, 2.05) is 0 Å². The van der Waals surface area contributed by atoms with Crippen LogP contribution in [0.25, 0.3) is 0 Å². The van der Waals surface area contributed by atoms with Crippen LogP contribution in [-0.4, -0.2) is 28.3 Å². The molecule has 0 bridgehead atoms. The summed E-state index contributed by atoms with van der Waals surface area (Å²) in [6.45, 7) is 0.281. The van der Waals surface area contributed by atoms with Crippen molar-refractivity contribution in [3.05, 3.63) is 90.0 Å².